The summed E-state index contributed by atoms with van der Waals surface area (Å²) >= 11 is 0. The quantitative estimate of drug-likeness (QED) is 0.859. The van der Waals surface area contributed by atoms with E-state index in [-0.39, 0.29) is 12.5 Å². The minimum absolute atomic E-state index is 0.151. The van der Waals surface area contributed by atoms with Gasteiger partial charge in [-0.1, -0.05) is 18.2 Å². The Morgan fingerprint density at radius 3 is 3.17 bits per heavy atom. The van der Waals surface area contributed by atoms with E-state index in [0.29, 0.717) is 6.54 Å². The fourth-order valence-corrected chi connectivity index (χ4v) is 2.33. The number of nitrogens with one attached hydrogen (secondary N) is 1. The predicted octanol–water partition coefficient (Wildman–Crippen LogP) is 2.27. The van der Waals surface area contributed by atoms with Crippen molar-refractivity contribution in [3.8, 4) is 5.75 Å². The monoisotopic (exact) mass is 249 g/mol. The summed E-state index contributed by atoms with van der Waals surface area (Å²) in [5.41, 5.74) is 2.29. The average molecular weight is 249 g/mol. The van der Waals surface area contributed by atoms with Crippen LogP contribution >= 0.6 is 0 Å². The van der Waals surface area contributed by atoms with E-state index >= 15 is 0 Å². The molecule has 0 spiro atoms. The van der Waals surface area contributed by atoms with Crippen LogP contribution in [0.2, 0.25) is 0 Å². The lowest BCUT2D eigenvalue weighted by molar-refractivity contribution is -0.136. The fraction of sp³-hybridized carbons (Fsp3) is 0.500. The lowest BCUT2D eigenvalue weighted by Gasteiger charge is -2.19. The first-order chi connectivity index (χ1) is 8.68. The maximum atomic E-state index is 10.5. The Bertz CT molecular complexity index is 431. The highest BCUT2D eigenvalue weighted by Crippen LogP contribution is 2.33. The summed E-state index contributed by atoms with van der Waals surface area (Å²) in [4.78, 5) is 10.5. The molecular weight excluding hydrogens is 230 g/mol. The van der Waals surface area contributed by atoms with Gasteiger partial charge in [-0.05, 0) is 25.3 Å². The van der Waals surface area contributed by atoms with E-state index in [0.717, 1.165) is 36.3 Å². The highest BCUT2D eigenvalue weighted by Gasteiger charge is 2.20. The summed E-state index contributed by atoms with van der Waals surface area (Å²) < 4.78 is 5.78. The molecule has 1 atom stereocenters. The zero-order chi connectivity index (χ0) is 13.0. The van der Waals surface area contributed by atoms with Crippen molar-refractivity contribution < 1.29 is 14.6 Å². The third-order valence-electron chi connectivity index (χ3n) is 3.23. The van der Waals surface area contributed by atoms with E-state index in [1.54, 1.807) is 0 Å². The largest absolute Gasteiger partial charge is 0.493 e. The Hall–Kier alpha value is -1.55. The second-order valence-electron chi connectivity index (χ2n) is 4.63. The van der Waals surface area contributed by atoms with Crippen LogP contribution in [0.15, 0.2) is 18.2 Å². The van der Waals surface area contributed by atoms with Gasteiger partial charge in [0, 0.05) is 18.2 Å². The molecule has 0 saturated heterocycles. The molecule has 1 aliphatic heterocycles. The number of rotatable bonds is 4. The summed E-state index contributed by atoms with van der Waals surface area (Å²) in [6, 6.07) is 6.32. The van der Waals surface area contributed by atoms with Crippen molar-refractivity contribution in [3.05, 3.63) is 29.3 Å². The molecule has 0 aliphatic carbocycles. The zero-order valence-electron chi connectivity index (χ0n) is 10.6. The Kier molecular flexibility index (Phi) is 4.20. The lowest BCUT2D eigenvalue weighted by atomic mass is 10.00. The van der Waals surface area contributed by atoms with Crippen LogP contribution in [0.3, 0.4) is 0 Å². The molecule has 18 heavy (non-hydrogen) atoms. The van der Waals surface area contributed by atoms with Crippen molar-refractivity contribution >= 4 is 5.97 Å². The number of fused-ring (bicyclic) bond motifs is 1. The summed E-state index contributed by atoms with van der Waals surface area (Å²) in [5, 5.41) is 12.0. The van der Waals surface area contributed by atoms with Gasteiger partial charge in [0.15, 0.2) is 0 Å². The number of carboxylic acid groups (broad SMARTS) is 1. The number of aliphatic carboxylic acids is 1. The number of aryl methyl sites for hydroxylation is 1. The third kappa shape index (κ3) is 3.01. The van der Waals surface area contributed by atoms with E-state index in [1.807, 2.05) is 19.1 Å². The molecule has 0 bridgehead atoms. The summed E-state index contributed by atoms with van der Waals surface area (Å²) in [7, 11) is 0. The van der Waals surface area contributed by atoms with Crippen LogP contribution in [0.5, 0.6) is 5.75 Å². The molecule has 1 aromatic carbocycles. The number of benzene rings is 1. The van der Waals surface area contributed by atoms with Crippen molar-refractivity contribution in [1.82, 2.24) is 5.32 Å². The Labute approximate surface area is 107 Å². The Morgan fingerprint density at radius 2 is 2.39 bits per heavy atom. The fourth-order valence-electron chi connectivity index (χ4n) is 2.33. The minimum atomic E-state index is -0.767. The van der Waals surface area contributed by atoms with Gasteiger partial charge in [-0.15, -0.1) is 0 Å². The third-order valence-corrected chi connectivity index (χ3v) is 3.23. The van der Waals surface area contributed by atoms with Crippen molar-refractivity contribution in [2.45, 2.75) is 32.2 Å². The van der Waals surface area contributed by atoms with Gasteiger partial charge in [-0.2, -0.15) is 0 Å². The van der Waals surface area contributed by atoms with Crippen molar-refractivity contribution in [2.24, 2.45) is 0 Å². The zero-order valence-corrected chi connectivity index (χ0v) is 10.6. The number of para-hydroxylation sites is 1. The second-order valence-corrected chi connectivity index (χ2v) is 4.63. The number of carboxylic acids is 1. The first-order valence-electron chi connectivity index (χ1n) is 6.36. The smallest absolute Gasteiger partial charge is 0.304 e. The van der Waals surface area contributed by atoms with Gasteiger partial charge in [0.1, 0.15) is 5.75 Å². The van der Waals surface area contributed by atoms with Gasteiger partial charge in [-0.3, -0.25) is 4.79 Å². The molecule has 4 nitrogen and oxygen atoms in total. The molecule has 2 rings (SSSR count). The average Bonchev–Trinajstić information content (AvgIpc) is 2.53. The summed E-state index contributed by atoms with van der Waals surface area (Å²) in [6.07, 6.45) is 2.12. The van der Waals surface area contributed by atoms with Gasteiger partial charge in [0.05, 0.1) is 13.0 Å². The van der Waals surface area contributed by atoms with Crippen molar-refractivity contribution in [2.75, 3.05) is 13.2 Å². The first-order valence-corrected chi connectivity index (χ1v) is 6.36. The topological polar surface area (TPSA) is 58.6 Å². The number of hydrogen-bond donors (Lipinski definition) is 2. The van der Waals surface area contributed by atoms with Gasteiger partial charge in [0.25, 0.3) is 0 Å². The Morgan fingerprint density at radius 1 is 1.56 bits per heavy atom. The molecular formula is C14H19NO3. The van der Waals surface area contributed by atoms with Crippen LogP contribution in [0.1, 0.15) is 36.4 Å². The molecule has 0 aromatic heterocycles. The standard InChI is InChI=1S/C14H19NO3/c1-10-4-2-5-11-12(15-8-7-13(16)17)6-3-9-18-14(10)11/h2,4-5,12,15H,3,6-9H2,1H3,(H,16,17). The molecule has 1 aliphatic rings. The molecule has 1 aromatic rings. The molecule has 0 saturated carbocycles. The second kappa shape index (κ2) is 5.87. The van der Waals surface area contributed by atoms with Gasteiger partial charge >= 0.3 is 5.97 Å². The first kappa shape index (κ1) is 12.9. The molecule has 2 N–H and O–H groups in total. The van der Waals surface area contributed by atoms with E-state index in [2.05, 4.69) is 11.4 Å². The van der Waals surface area contributed by atoms with Crippen molar-refractivity contribution in [3.63, 3.8) is 0 Å². The van der Waals surface area contributed by atoms with Crippen LogP contribution in [0.4, 0.5) is 0 Å². The van der Waals surface area contributed by atoms with Crippen LogP contribution in [0.25, 0.3) is 0 Å². The molecule has 0 radical (unpaired) electrons. The van der Waals surface area contributed by atoms with E-state index in [1.165, 1.54) is 0 Å². The molecule has 4 heteroatoms. The number of carbonyl (C=O) groups is 1. The SMILES string of the molecule is Cc1cccc2c1OCCCC2NCCC(=O)O. The van der Waals surface area contributed by atoms with Crippen molar-refractivity contribution in [1.29, 1.82) is 0 Å². The van der Waals surface area contributed by atoms with E-state index in [4.69, 9.17) is 9.84 Å². The Balaban J connectivity index is 2.12. The highest BCUT2D eigenvalue weighted by molar-refractivity contribution is 5.66. The minimum Gasteiger partial charge on any atom is -0.493 e. The molecule has 0 amide bonds. The number of ether oxygens (including phenoxy) is 1. The van der Waals surface area contributed by atoms with Gasteiger partial charge < -0.3 is 15.2 Å². The van der Waals surface area contributed by atoms with E-state index < -0.39 is 5.97 Å². The predicted molar refractivity (Wildman–Crippen MR) is 68.9 cm³/mol. The molecule has 0 fully saturated rings. The van der Waals surface area contributed by atoms with E-state index in [9.17, 15) is 4.79 Å². The summed E-state index contributed by atoms with van der Waals surface area (Å²) in [5.74, 6) is 0.194. The molecule has 1 unspecified atom stereocenters. The van der Waals surface area contributed by atoms with Crippen LogP contribution in [-0.4, -0.2) is 24.2 Å². The molecule has 1 heterocycles. The summed E-state index contributed by atoms with van der Waals surface area (Å²) in [6.45, 7) is 3.26. The lowest BCUT2D eigenvalue weighted by Crippen LogP contribution is -2.24. The number of hydrogen-bond acceptors (Lipinski definition) is 3. The van der Waals surface area contributed by atoms with Crippen LogP contribution < -0.4 is 10.1 Å². The van der Waals surface area contributed by atoms with Gasteiger partial charge in [0.2, 0.25) is 0 Å². The normalized spacial score (nSPS) is 18.6. The molecule has 98 valence electrons. The van der Waals surface area contributed by atoms with Crippen LogP contribution in [0, 0.1) is 6.92 Å². The van der Waals surface area contributed by atoms with Crippen LogP contribution in [-0.2, 0) is 4.79 Å². The van der Waals surface area contributed by atoms with Gasteiger partial charge in [-0.25, -0.2) is 0 Å². The maximum absolute atomic E-state index is 10.5. The maximum Gasteiger partial charge on any atom is 0.304 e. The highest BCUT2D eigenvalue weighted by atomic mass is 16.5.